The van der Waals surface area contributed by atoms with E-state index in [9.17, 15) is 4.79 Å². The van der Waals surface area contributed by atoms with Crippen LogP contribution >= 0.6 is 0 Å². The largest absolute Gasteiger partial charge is 0.494 e. The summed E-state index contributed by atoms with van der Waals surface area (Å²) >= 11 is 0. The van der Waals surface area contributed by atoms with Crippen LogP contribution in [0.25, 0.3) is 0 Å². The summed E-state index contributed by atoms with van der Waals surface area (Å²) in [6.07, 6.45) is 4.04. The second kappa shape index (κ2) is 7.38. The van der Waals surface area contributed by atoms with Crippen molar-refractivity contribution in [2.45, 2.75) is 26.3 Å². The number of urea groups is 1. The number of nitrogens with one attached hydrogen (secondary N) is 2. The number of furan rings is 1. The molecule has 0 aliphatic rings. The molecule has 0 unspecified atom stereocenters. The van der Waals surface area contributed by atoms with Gasteiger partial charge in [-0.3, -0.25) is 0 Å². The minimum absolute atomic E-state index is 0.0188. The van der Waals surface area contributed by atoms with Crippen LogP contribution in [0.1, 0.15) is 19.4 Å². The van der Waals surface area contributed by atoms with E-state index in [4.69, 9.17) is 9.15 Å². The number of rotatable bonds is 6. The molecular weight excluding hydrogens is 268 g/mol. The van der Waals surface area contributed by atoms with Crippen molar-refractivity contribution < 1.29 is 13.9 Å². The first-order chi connectivity index (χ1) is 10.2. The van der Waals surface area contributed by atoms with Gasteiger partial charge in [-0.1, -0.05) is 0 Å². The SMILES string of the molecule is CCOc1ccc(NC(=O)N[C@H](C)Cc2ccoc2)cc1. The minimum atomic E-state index is -0.227. The highest BCUT2D eigenvalue weighted by Gasteiger charge is 2.09. The molecule has 2 N–H and O–H groups in total. The van der Waals surface area contributed by atoms with Gasteiger partial charge in [0.05, 0.1) is 19.1 Å². The van der Waals surface area contributed by atoms with E-state index in [0.717, 1.165) is 23.4 Å². The van der Waals surface area contributed by atoms with Crippen molar-refractivity contribution in [3.05, 3.63) is 48.4 Å². The third kappa shape index (κ3) is 4.87. The van der Waals surface area contributed by atoms with Crippen LogP contribution < -0.4 is 15.4 Å². The molecule has 1 aromatic carbocycles. The maximum absolute atomic E-state index is 11.9. The van der Waals surface area contributed by atoms with Crippen molar-refractivity contribution in [2.75, 3.05) is 11.9 Å². The summed E-state index contributed by atoms with van der Waals surface area (Å²) in [6.45, 7) is 4.50. The Hall–Kier alpha value is -2.43. The Morgan fingerprint density at radius 1 is 1.29 bits per heavy atom. The Kier molecular flexibility index (Phi) is 5.26. The summed E-state index contributed by atoms with van der Waals surface area (Å²) in [5.41, 5.74) is 1.79. The Morgan fingerprint density at radius 3 is 2.67 bits per heavy atom. The smallest absolute Gasteiger partial charge is 0.319 e. The van der Waals surface area contributed by atoms with Crippen LogP contribution in [-0.4, -0.2) is 18.7 Å². The van der Waals surface area contributed by atoms with E-state index < -0.39 is 0 Å². The average Bonchev–Trinajstić information content (AvgIpc) is 2.93. The third-order valence-corrected chi connectivity index (χ3v) is 2.92. The zero-order chi connectivity index (χ0) is 15.1. The first-order valence-corrected chi connectivity index (χ1v) is 6.99. The van der Waals surface area contributed by atoms with E-state index in [2.05, 4.69) is 10.6 Å². The summed E-state index contributed by atoms with van der Waals surface area (Å²) in [6, 6.07) is 8.96. The first-order valence-electron chi connectivity index (χ1n) is 6.99. The number of carbonyl (C=O) groups is 1. The van der Waals surface area contributed by atoms with Crippen molar-refractivity contribution in [1.29, 1.82) is 0 Å². The fourth-order valence-electron chi connectivity index (χ4n) is 2.01. The summed E-state index contributed by atoms with van der Waals surface area (Å²) in [7, 11) is 0. The standard InChI is InChI=1S/C16H20N2O3/c1-3-21-15-6-4-14(5-7-15)18-16(19)17-12(2)10-13-8-9-20-11-13/h4-9,11-12H,3,10H2,1-2H3,(H2,17,18,19)/t12-/m1/s1. The van der Waals surface area contributed by atoms with Crippen LogP contribution in [0.15, 0.2) is 47.3 Å². The van der Waals surface area contributed by atoms with Gasteiger partial charge in [0.25, 0.3) is 0 Å². The van der Waals surface area contributed by atoms with Crippen molar-refractivity contribution in [1.82, 2.24) is 5.32 Å². The van der Waals surface area contributed by atoms with Crippen LogP contribution in [0.5, 0.6) is 5.75 Å². The zero-order valence-corrected chi connectivity index (χ0v) is 12.3. The van der Waals surface area contributed by atoms with Gasteiger partial charge in [0.2, 0.25) is 0 Å². The number of ether oxygens (including phenoxy) is 1. The molecule has 2 amide bonds. The summed E-state index contributed by atoms with van der Waals surface area (Å²) in [5, 5.41) is 5.68. The van der Waals surface area contributed by atoms with E-state index in [1.165, 1.54) is 0 Å². The molecule has 0 aliphatic heterocycles. The normalized spacial score (nSPS) is 11.7. The second-order valence-electron chi connectivity index (χ2n) is 4.79. The highest BCUT2D eigenvalue weighted by molar-refractivity contribution is 5.89. The molecule has 0 fully saturated rings. The lowest BCUT2D eigenvalue weighted by atomic mass is 10.1. The molecule has 0 spiro atoms. The van der Waals surface area contributed by atoms with Crippen molar-refractivity contribution in [2.24, 2.45) is 0 Å². The van der Waals surface area contributed by atoms with E-state index in [1.54, 1.807) is 12.5 Å². The van der Waals surface area contributed by atoms with Gasteiger partial charge in [0.15, 0.2) is 0 Å². The van der Waals surface area contributed by atoms with E-state index in [-0.39, 0.29) is 12.1 Å². The molecule has 2 rings (SSSR count). The van der Waals surface area contributed by atoms with Gasteiger partial charge in [-0.05, 0) is 56.2 Å². The van der Waals surface area contributed by atoms with Crippen molar-refractivity contribution in [3.63, 3.8) is 0 Å². The van der Waals surface area contributed by atoms with E-state index in [0.29, 0.717) is 6.61 Å². The number of benzene rings is 1. The zero-order valence-electron chi connectivity index (χ0n) is 12.3. The van der Waals surface area contributed by atoms with Gasteiger partial charge in [-0.2, -0.15) is 0 Å². The van der Waals surface area contributed by atoms with Crippen molar-refractivity contribution in [3.8, 4) is 5.75 Å². The fraction of sp³-hybridized carbons (Fsp3) is 0.312. The highest BCUT2D eigenvalue weighted by Crippen LogP contribution is 2.15. The van der Waals surface area contributed by atoms with Crippen LogP contribution in [0.3, 0.4) is 0 Å². The lowest BCUT2D eigenvalue weighted by Gasteiger charge is -2.14. The summed E-state index contributed by atoms with van der Waals surface area (Å²) in [4.78, 5) is 11.9. The molecule has 5 nitrogen and oxygen atoms in total. The summed E-state index contributed by atoms with van der Waals surface area (Å²) < 4.78 is 10.4. The van der Waals surface area contributed by atoms with E-state index in [1.807, 2.05) is 44.2 Å². The number of amides is 2. The molecule has 0 bridgehead atoms. The van der Waals surface area contributed by atoms with Gasteiger partial charge in [0.1, 0.15) is 5.75 Å². The molecular formula is C16H20N2O3. The number of hydrogen-bond donors (Lipinski definition) is 2. The molecule has 0 aliphatic carbocycles. The minimum Gasteiger partial charge on any atom is -0.494 e. The lowest BCUT2D eigenvalue weighted by molar-refractivity contribution is 0.249. The Labute approximate surface area is 124 Å². The quantitative estimate of drug-likeness (QED) is 0.856. The predicted molar refractivity (Wildman–Crippen MR) is 81.6 cm³/mol. The molecule has 1 aromatic heterocycles. The average molecular weight is 288 g/mol. The topological polar surface area (TPSA) is 63.5 Å². The van der Waals surface area contributed by atoms with Crippen molar-refractivity contribution >= 4 is 11.7 Å². The van der Waals surface area contributed by atoms with E-state index >= 15 is 0 Å². The van der Waals surface area contributed by atoms with Gasteiger partial charge in [-0.25, -0.2) is 4.79 Å². The molecule has 5 heteroatoms. The maximum atomic E-state index is 11.9. The Balaban J connectivity index is 1.80. The van der Waals surface area contributed by atoms with Crippen LogP contribution in [0.4, 0.5) is 10.5 Å². The number of carbonyl (C=O) groups excluding carboxylic acids is 1. The second-order valence-corrected chi connectivity index (χ2v) is 4.79. The molecule has 0 radical (unpaired) electrons. The fourth-order valence-corrected chi connectivity index (χ4v) is 2.01. The van der Waals surface area contributed by atoms with Crippen LogP contribution in [0.2, 0.25) is 0 Å². The lowest BCUT2D eigenvalue weighted by Crippen LogP contribution is -2.37. The van der Waals surface area contributed by atoms with Gasteiger partial charge in [-0.15, -0.1) is 0 Å². The first kappa shape index (κ1) is 15.0. The molecule has 0 saturated carbocycles. The van der Waals surface area contributed by atoms with Gasteiger partial charge < -0.3 is 19.8 Å². The van der Waals surface area contributed by atoms with Crippen LogP contribution in [0, 0.1) is 0 Å². The third-order valence-electron chi connectivity index (χ3n) is 2.92. The maximum Gasteiger partial charge on any atom is 0.319 e. The molecule has 2 aromatic rings. The monoisotopic (exact) mass is 288 g/mol. The molecule has 112 valence electrons. The molecule has 1 heterocycles. The Bertz CT molecular complexity index is 549. The number of anilines is 1. The summed E-state index contributed by atoms with van der Waals surface area (Å²) in [5.74, 6) is 0.789. The predicted octanol–water partition coefficient (Wildman–Crippen LogP) is 3.43. The molecule has 1 atom stereocenters. The van der Waals surface area contributed by atoms with Crippen LogP contribution in [-0.2, 0) is 6.42 Å². The van der Waals surface area contributed by atoms with Gasteiger partial charge >= 0.3 is 6.03 Å². The molecule has 0 saturated heterocycles. The van der Waals surface area contributed by atoms with Gasteiger partial charge in [0, 0.05) is 11.7 Å². The Morgan fingerprint density at radius 2 is 2.05 bits per heavy atom. The molecule has 21 heavy (non-hydrogen) atoms. The highest BCUT2D eigenvalue weighted by atomic mass is 16.5. The number of hydrogen-bond acceptors (Lipinski definition) is 3.